The zero-order chi connectivity index (χ0) is 28.4. The monoisotopic (exact) mass is 781 g/mol. The zero-order valence-corrected chi connectivity index (χ0v) is 25.6. The van der Waals surface area contributed by atoms with Crippen molar-refractivity contribution in [1.82, 2.24) is 9.66 Å². The van der Waals surface area contributed by atoms with Crippen LogP contribution in [0.3, 0.4) is 0 Å². The van der Waals surface area contributed by atoms with Gasteiger partial charge in [-0.05, 0) is 82.8 Å². The molecule has 202 valence electrons. The highest BCUT2D eigenvalue weighted by atomic mass is 127. The molecule has 0 atom stereocenters. The third kappa shape index (κ3) is 6.31. The molecule has 1 aromatic heterocycles. The van der Waals surface area contributed by atoms with Crippen LogP contribution in [0.2, 0.25) is 0 Å². The number of alkyl halides is 3. The molecular weight excluding hydrogens is 766 g/mol. The van der Waals surface area contributed by atoms with E-state index in [1.54, 1.807) is 36.4 Å². The molecule has 0 bridgehead atoms. The number of para-hydroxylation sites is 1. The van der Waals surface area contributed by atoms with Crippen LogP contribution in [0.4, 0.5) is 13.2 Å². The lowest BCUT2D eigenvalue weighted by Crippen LogP contribution is -2.20. The Morgan fingerprint density at radius 2 is 1.77 bits per heavy atom. The lowest BCUT2D eigenvalue weighted by Gasteiger charge is -2.12. The van der Waals surface area contributed by atoms with Crippen LogP contribution < -0.4 is 10.3 Å². The molecule has 0 aliphatic carbocycles. The largest absolute Gasteiger partial charge is 0.488 e. The summed E-state index contributed by atoms with van der Waals surface area (Å²) in [5.41, 5.74) is 0.783. The number of rotatable bonds is 6. The molecule has 11 heteroatoms. The summed E-state index contributed by atoms with van der Waals surface area (Å²) in [5, 5.41) is 4.66. The van der Waals surface area contributed by atoms with Crippen molar-refractivity contribution < 1.29 is 17.9 Å². The predicted octanol–water partition coefficient (Wildman–Crippen LogP) is 8.67. The number of fused-ring (bicyclic) bond motifs is 1. The van der Waals surface area contributed by atoms with Crippen LogP contribution in [-0.2, 0) is 12.8 Å². The second kappa shape index (κ2) is 11.8. The van der Waals surface area contributed by atoms with Gasteiger partial charge in [0.05, 0.1) is 26.3 Å². The molecule has 0 saturated heterocycles. The van der Waals surface area contributed by atoms with Crippen molar-refractivity contribution in [3.05, 3.63) is 124 Å². The Balaban J connectivity index is 1.49. The fourth-order valence-electron chi connectivity index (χ4n) is 3.89. The molecule has 0 fully saturated rings. The molecule has 40 heavy (non-hydrogen) atoms. The van der Waals surface area contributed by atoms with Crippen molar-refractivity contribution in [2.75, 3.05) is 0 Å². The molecule has 5 nitrogen and oxygen atoms in total. The predicted molar refractivity (Wildman–Crippen MR) is 165 cm³/mol. The van der Waals surface area contributed by atoms with E-state index in [1.165, 1.54) is 18.3 Å². The quantitative estimate of drug-likeness (QED) is 0.128. The maximum absolute atomic E-state index is 13.4. The van der Waals surface area contributed by atoms with Crippen molar-refractivity contribution in [3.8, 4) is 17.1 Å². The van der Waals surface area contributed by atoms with Gasteiger partial charge in [0.2, 0.25) is 0 Å². The van der Waals surface area contributed by atoms with Gasteiger partial charge in [-0.15, -0.1) is 0 Å². The Morgan fingerprint density at radius 1 is 0.975 bits per heavy atom. The van der Waals surface area contributed by atoms with E-state index in [2.05, 4.69) is 64.5 Å². The van der Waals surface area contributed by atoms with Crippen LogP contribution in [0.25, 0.3) is 22.3 Å². The van der Waals surface area contributed by atoms with Gasteiger partial charge < -0.3 is 4.74 Å². The second-order valence-corrected chi connectivity index (χ2v) is 11.5. The Labute approximate surface area is 257 Å². The number of halogens is 6. The number of nitrogens with zero attached hydrogens (tertiary/aromatic N) is 3. The van der Waals surface area contributed by atoms with Crippen molar-refractivity contribution in [3.63, 3.8) is 0 Å². The average Bonchev–Trinajstić information content (AvgIpc) is 2.92. The zero-order valence-electron chi connectivity index (χ0n) is 20.3. The van der Waals surface area contributed by atoms with Gasteiger partial charge in [0.15, 0.2) is 5.82 Å². The minimum atomic E-state index is -4.55. The number of hydrogen-bond acceptors (Lipinski definition) is 4. The number of aromatic nitrogens is 2. The van der Waals surface area contributed by atoms with Gasteiger partial charge in [0, 0.05) is 20.1 Å². The molecule has 5 rings (SSSR count). The maximum atomic E-state index is 13.4. The summed E-state index contributed by atoms with van der Waals surface area (Å²) >= 11 is 9.12. The van der Waals surface area contributed by atoms with Crippen molar-refractivity contribution in [2.24, 2.45) is 5.10 Å². The summed E-state index contributed by atoms with van der Waals surface area (Å²) < 4.78 is 49.9. The second-order valence-electron chi connectivity index (χ2n) is 8.61. The van der Waals surface area contributed by atoms with Crippen LogP contribution >= 0.6 is 54.5 Å². The van der Waals surface area contributed by atoms with Gasteiger partial charge in [-0.1, -0.05) is 62.2 Å². The molecule has 0 aliphatic rings. The van der Waals surface area contributed by atoms with E-state index >= 15 is 0 Å². The maximum Gasteiger partial charge on any atom is 0.416 e. The fraction of sp³-hybridized carbons (Fsp3) is 0.0690. The SMILES string of the molecule is O=c1c2ccccc2nc(-c2cccc(C(F)(F)F)c2)n1N=Cc1ccc(OCc2ccc(Br)cc2Br)c(I)c1. The molecule has 0 spiro atoms. The van der Waals surface area contributed by atoms with Crippen LogP contribution in [0.5, 0.6) is 5.75 Å². The van der Waals surface area contributed by atoms with E-state index in [1.807, 2.05) is 24.3 Å². The smallest absolute Gasteiger partial charge is 0.416 e. The summed E-state index contributed by atoms with van der Waals surface area (Å²) in [4.78, 5) is 17.9. The van der Waals surface area contributed by atoms with E-state index in [4.69, 9.17) is 4.74 Å². The Kier molecular flexibility index (Phi) is 8.43. The van der Waals surface area contributed by atoms with Crippen LogP contribution in [0.15, 0.2) is 104 Å². The summed E-state index contributed by atoms with van der Waals surface area (Å²) in [5.74, 6) is 0.669. The van der Waals surface area contributed by atoms with Gasteiger partial charge in [0.1, 0.15) is 12.4 Å². The topological polar surface area (TPSA) is 56.5 Å². The van der Waals surface area contributed by atoms with E-state index < -0.39 is 17.3 Å². The highest BCUT2D eigenvalue weighted by Gasteiger charge is 2.31. The number of ether oxygens (including phenoxy) is 1. The molecule has 0 saturated carbocycles. The summed E-state index contributed by atoms with van der Waals surface area (Å²) in [6.45, 7) is 0.357. The van der Waals surface area contributed by atoms with E-state index in [9.17, 15) is 18.0 Å². The van der Waals surface area contributed by atoms with Gasteiger partial charge in [0.25, 0.3) is 5.56 Å². The van der Waals surface area contributed by atoms with Crippen LogP contribution in [0, 0.1) is 3.57 Å². The van der Waals surface area contributed by atoms with Crippen molar-refractivity contribution in [1.29, 1.82) is 0 Å². The van der Waals surface area contributed by atoms with Crippen molar-refractivity contribution >= 4 is 71.6 Å². The number of hydrogen-bond donors (Lipinski definition) is 0. The molecule has 0 N–H and O–H groups in total. The van der Waals surface area contributed by atoms with Gasteiger partial charge >= 0.3 is 6.18 Å². The number of benzene rings is 4. The Bertz CT molecular complexity index is 1820. The average molecular weight is 783 g/mol. The summed E-state index contributed by atoms with van der Waals surface area (Å²) in [6.07, 6.45) is -3.08. The molecule has 5 aromatic rings. The van der Waals surface area contributed by atoms with Crippen LogP contribution in [0.1, 0.15) is 16.7 Å². The molecule has 0 radical (unpaired) electrons. The van der Waals surface area contributed by atoms with E-state index in [0.717, 1.165) is 34.9 Å². The van der Waals surface area contributed by atoms with Crippen LogP contribution in [-0.4, -0.2) is 15.9 Å². The third-order valence-electron chi connectivity index (χ3n) is 5.88. The summed E-state index contributed by atoms with van der Waals surface area (Å²) in [6, 6.07) is 22.6. The molecule has 0 unspecified atom stereocenters. The Hall–Kier alpha value is -3.03. The molecule has 0 amide bonds. The highest BCUT2D eigenvalue weighted by molar-refractivity contribution is 14.1. The van der Waals surface area contributed by atoms with Gasteiger partial charge in [-0.2, -0.15) is 22.9 Å². The molecule has 0 aliphatic heterocycles. The lowest BCUT2D eigenvalue weighted by molar-refractivity contribution is -0.137. The first kappa shape index (κ1) is 28.5. The van der Waals surface area contributed by atoms with Crippen molar-refractivity contribution in [2.45, 2.75) is 12.8 Å². The van der Waals surface area contributed by atoms with E-state index in [-0.39, 0.29) is 11.4 Å². The Morgan fingerprint density at radius 3 is 2.52 bits per heavy atom. The van der Waals surface area contributed by atoms with Gasteiger partial charge in [-0.25, -0.2) is 4.98 Å². The first-order valence-corrected chi connectivity index (χ1v) is 14.4. The minimum absolute atomic E-state index is 0.000718. The van der Waals surface area contributed by atoms with E-state index in [0.29, 0.717) is 28.8 Å². The fourth-order valence-corrected chi connectivity index (χ4v) is 5.74. The molecular formula is C29H17Br2F3IN3O2. The highest BCUT2D eigenvalue weighted by Crippen LogP contribution is 2.32. The third-order valence-corrected chi connectivity index (χ3v) is 7.95. The molecule has 4 aromatic carbocycles. The molecule has 1 heterocycles. The summed E-state index contributed by atoms with van der Waals surface area (Å²) in [7, 11) is 0. The standard InChI is InChI=1S/C29H17Br2F3IN3O2/c30-21-10-9-19(23(31)14-21)16-40-26-11-8-17(12-24(26)35)15-36-38-27(18-4-3-5-20(13-18)29(32,33)34)37-25-7-2-1-6-22(25)28(38)39/h1-15H,16H2. The van der Waals surface area contributed by atoms with Gasteiger partial charge in [-0.3, -0.25) is 4.79 Å². The lowest BCUT2D eigenvalue weighted by atomic mass is 10.1. The first-order chi connectivity index (χ1) is 19.1. The first-order valence-electron chi connectivity index (χ1n) is 11.7. The minimum Gasteiger partial charge on any atom is -0.488 e. The normalized spacial score (nSPS) is 11.8.